The summed E-state index contributed by atoms with van der Waals surface area (Å²) in [6.07, 6.45) is 1.44. The van der Waals surface area contributed by atoms with Gasteiger partial charge in [-0.25, -0.2) is 14.0 Å². The zero-order chi connectivity index (χ0) is 18.2. The molecule has 0 aliphatic heterocycles. The van der Waals surface area contributed by atoms with Gasteiger partial charge in [-0.2, -0.15) is 0 Å². The third-order valence-electron chi connectivity index (χ3n) is 2.99. The molecule has 0 spiro atoms. The Kier molecular flexibility index (Phi) is 6.10. The Labute approximate surface area is 141 Å². The van der Waals surface area contributed by atoms with E-state index in [0.29, 0.717) is 5.76 Å². The summed E-state index contributed by atoms with van der Waals surface area (Å²) in [5, 5.41) is 4.34. The van der Waals surface area contributed by atoms with Gasteiger partial charge in [0, 0.05) is 6.07 Å². The molecule has 1 heterocycles. The summed E-state index contributed by atoms with van der Waals surface area (Å²) in [5.74, 6) is -2.00. The lowest BCUT2D eigenvalue weighted by Crippen LogP contribution is -2.41. The highest BCUT2D eigenvalue weighted by Crippen LogP contribution is 2.16. The van der Waals surface area contributed by atoms with Crippen molar-refractivity contribution in [3.63, 3.8) is 0 Å². The molecule has 0 saturated carbocycles. The smallest absolute Gasteiger partial charge is 0.341 e. The molecule has 2 rings (SSSR count). The van der Waals surface area contributed by atoms with Crippen LogP contribution in [0.5, 0.6) is 5.75 Å². The van der Waals surface area contributed by atoms with E-state index in [0.717, 1.165) is 6.07 Å². The van der Waals surface area contributed by atoms with Gasteiger partial charge < -0.3 is 19.2 Å². The lowest BCUT2D eigenvalue weighted by molar-refractivity contribution is -0.123. The number of ether oxygens (including phenoxy) is 2. The molecule has 9 heteroatoms. The van der Waals surface area contributed by atoms with Crippen LogP contribution in [0.4, 0.5) is 9.18 Å². The third kappa shape index (κ3) is 5.34. The summed E-state index contributed by atoms with van der Waals surface area (Å²) in [4.78, 5) is 34.8. The Balaban J connectivity index is 1.77. The quantitative estimate of drug-likeness (QED) is 0.767. The number of amides is 3. The molecular weight excluding hydrogens is 335 g/mol. The molecule has 2 aromatic rings. The Morgan fingerprint density at radius 2 is 2.04 bits per heavy atom. The van der Waals surface area contributed by atoms with Crippen LogP contribution < -0.4 is 15.4 Å². The van der Waals surface area contributed by atoms with Gasteiger partial charge in [-0.1, -0.05) is 0 Å². The maximum Gasteiger partial charge on any atom is 0.341 e. The standard InChI is InChI=1S/C16H15FN2O6/c1-23-10-4-5-12(13(17)7-10)15(21)25-9-14(20)19-16(22)18-8-11-3-2-6-24-11/h2-7H,8-9H2,1H3,(H2,18,19,20,22). The van der Waals surface area contributed by atoms with E-state index in [9.17, 15) is 18.8 Å². The fraction of sp³-hybridized carbons (Fsp3) is 0.188. The molecule has 0 atom stereocenters. The summed E-state index contributed by atoms with van der Waals surface area (Å²) in [5.41, 5.74) is -0.351. The van der Waals surface area contributed by atoms with Crippen LogP contribution >= 0.6 is 0 Å². The molecule has 25 heavy (non-hydrogen) atoms. The molecular formula is C16H15FN2O6. The molecule has 0 fully saturated rings. The molecule has 0 unspecified atom stereocenters. The number of halogens is 1. The first-order valence-corrected chi connectivity index (χ1v) is 7.10. The molecule has 0 aliphatic carbocycles. The number of hydrogen-bond donors (Lipinski definition) is 2. The number of carbonyl (C=O) groups is 3. The van der Waals surface area contributed by atoms with Crippen LogP contribution in [0.3, 0.4) is 0 Å². The first-order valence-electron chi connectivity index (χ1n) is 7.10. The van der Waals surface area contributed by atoms with Crippen molar-refractivity contribution >= 4 is 17.9 Å². The van der Waals surface area contributed by atoms with Crippen molar-refractivity contribution in [2.45, 2.75) is 6.54 Å². The molecule has 3 amide bonds. The SMILES string of the molecule is COc1ccc(C(=O)OCC(=O)NC(=O)NCc2ccco2)c(F)c1. The second-order valence-electron chi connectivity index (χ2n) is 4.73. The van der Waals surface area contributed by atoms with Crippen molar-refractivity contribution in [3.8, 4) is 5.75 Å². The number of nitrogens with one attached hydrogen (secondary N) is 2. The number of imide groups is 1. The third-order valence-corrected chi connectivity index (χ3v) is 2.99. The van der Waals surface area contributed by atoms with Gasteiger partial charge >= 0.3 is 12.0 Å². The highest BCUT2D eigenvalue weighted by Gasteiger charge is 2.16. The molecule has 0 aliphatic rings. The number of esters is 1. The Bertz CT molecular complexity index is 760. The molecule has 132 valence electrons. The van der Waals surface area contributed by atoms with Crippen LogP contribution in [0, 0.1) is 5.82 Å². The van der Waals surface area contributed by atoms with Crippen LogP contribution in [0.15, 0.2) is 41.0 Å². The summed E-state index contributed by atoms with van der Waals surface area (Å²) < 4.78 is 28.2. The number of benzene rings is 1. The highest BCUT2D eigenvalue weighted by atomic mass is 19.1. The van der Waals surface area contributed by atoms with Gasteiger partial charge in [0.05, 0.1) is 25.5 Å². The van der Waals surface area contributed by atoms with Crippen LogP contribution in [-0.4, -0.2) is 31.6 Å². The van der Waals surface area contributed by atoms with Crippen molar-refractivity contribution < 1.29 is 32.7 Å². The van der Waals surface area contributed by atoms with Gasteiger partial charge in [-0.3, -0.25) is 10.1 Å². The van der Waals surface area contributed by atoms with E-state index >= 15 is 0 Å². The number of urea groups is 1. The maximum atomic E-state index is 13.7. The van der Waals surface area contributed by atoms with Gasteiger partial charge in [0.2, 0.25) is 0 Å². The minimum atomic E-state index is -1.04. The maximum absolute atomic E-state index is 13.7. The van der Waals surface area contributed by atoms with Gasteiger partial charge in [-0.05, 0) is 24.3 Å². The second kappa shape index (κ2) is 8.48. The lowest BCUT2D eigenvalue weighted by atomic mass is 10.2. The van der Waals surface area contributed by atoms with Crippen molar-refractivity contribution in [3.05, 3.63) is 53.7 Å². The number of carbonyl (C=O) groups excluding carboxylic acids is 3. The van der Waals surface area contributed by atoms with Crippen LogP contribution in [0.1, 0.15) is 16.1 Å². The number of rotatable bonds is 6. The van der Waals surface area contributed by atoms with E-state index in [4.69, 9.17) is 9.15 Å². The first kappa shape index (κ1) is 18.0. The van der Waals surface area contributed by atoms with Gasteiger partial charge in [0.1, 0.15) is 17.3 Å². The van der Waals surface area contributed by atoms with Crippen LogP contribution in [-0.2, 0) is 16.1 Å². The molecule has 2 N–H and O–H groups in total. The summed E-state index contributed by atoms with van der Waals surface area (Å²) in [6, 6.07) is 6.07. The van der Waals surface area contributed by atoms with Crippen LogP contribution in [0.25, 0.3) is 0 Å². The zero-order valence-electron chi connectivity index (χ0n) is 13.2. The topological polar surface area (TPSA) is 107 Å². The van der Waals surface area contributed by atoms with Crippen molar-refractivity contribution in [1.82, 2.24) is 10.6 Å². The van der Waals surface area contributed by atoms with Gasteiger partial charge in [-0.15, -0.1) is 0 Å². The van der Waals surface area contributed by atoms with Gasteiger partial charge in [0.25, 0.3) is 5.91 Å². The largest absolute Gasteiger partial charge is 0.497 e. The summed E-state index contributed by atoms with van der Waals surface area (Å²) in [6.45, 7) is -0.651. The average molecular weight is 350 g/mol. The zero-order valence-corrected chi connectivity index (χ0v) is 13.2. The number of methoxy groups -OCH3 is 1. The Morgan fingerprint density at radius 3 is 2.68 bits per heavy atom. The highest BCUT2D eigenvalue weighted by molar-refractivity contribution is 5.97. The van der Waals surface area contributed by atoms with E-state index < -0.39 is 30.3 Å². The summed E-state index contributed by atoms with van der Waals surface area (Å²) >= 11 is 0. The normalized spacial score (nSPS) is 10.0. The van der Waals surface area contributed by atoms with Crippen molar-refractivity contribution in [1.29, 1.82) is 0 Å². The predicted molar refractivity (Wildman–Crippen MR) is 82.3 cm³/mol. The van der Waals surface area contributed by atoms with Crippen molar-refractivity contribution in [2.75, 3.05) is 13.7 Å². The molecule has 0 radical (unpaired) electrons. The van der Waals surface area contributed by atoms with E-state index in [1.54, 1.807) is 12.1 Å². The van der Waals surface area contributed by atoms with Gasteiger partial charge in [0.15, 0.2) is 6.61 Å². The van der Waals surface area contributed by atoms with E-state index in [-0.39, 0.29) is 17.9 Å². The number of furan rings is 1. The monoisotopic (exact) mass is 350 g/mol. The minimum absolute atomic E-state index is 0.0863. The molecule has 1 aromatic carbocycles. The number of hydrogen-bond acceptors (Lipinski definition) is 6. The molecule has 8 nitrogen and oxygen atoms in total. The average Bonchev–Trinajstić information content (AvgIpc) is 3.11. The van der Waals surface area contributed by atoms with E-state index in [1.807, 2.05) is 5.32 Å². The fourth-order valence-corrected chi connectivity index (χ4v) is 1.78. The van der Waals surface area contributed by atoms with Crippen molar-refractivity contribution in [2.24, 2.45) is 0 Å². The predicted octanol–water partition coefficient (Wildman–Crippen LogP) is 1.61. The Morgan fingerprint density at radius 1 is 1.24 bits per heavy atom. The lowest BCUT2D eigenvalue weighted by Gasteiger charge is -2.08. The minimum Gasteiger partial charge on any atom is -0.497 e. The molecule has 1 aromatic heterocycles. The molecule has 0 bridgehead atoms. The Hall–Kier alpha value is -3.36. The van der Waals surface area contributed by atoms with Crippen LogP contribution in [0.2, 0.25) is 0 Å². The fourth-order valence-electron chi connectivity index (χ4n) is 1.78. The van der Waals surface area contributed by atoms with E-state index in [2.05, 4.69) is 10.1 Å². The summed E-state index contributed by atoms with van der Waals surface area (Å²) in [7, 11) is 1.36. The molecule has 0 saturated heterocycles. The second-order valence-corrected chi connectivity index (χ2v) is 4.73. The van der Waals surface area contributed by atoms with E-state index in [1.165, 1.54) is 25.5 Å². The first-order chi connectivity index (χ1) is 12.0.